The summed E-state index contributed by atoms with van der Waals surface area (Å²) in [6.07, 6.45) is 0. The highest BCUT2D eigenvalue weighted by Crippen LogP contribution is 2.12. The summed E-state index contributed by atoms with van der Waals surface area (Å²) < 4.78 is 2.21. The molecule has 1 aromatic rings. The number of hydrogen-bond acceptors (Lipinski definition) is 2. The van der Waals surface area contributed by atoms with Gasteiger partial charge in [0, 0.05) is 12.1 Å². The summed E-state index contributed by atoms with van der Waals surface area (Å²) in [5.74, 6) is -0.931. The van der Waals surface area contributed by atoms with Crippen molar-refractivity contribution >= 4 is 28.6 Å². The van der Waals surface area contributed by atoms with Crippen molar-refractivity contribution in [2.45, 2.75) is 19.9 Å². The quantitative estimate of drug-likeness (QED) is 0.840. The summed E-state index contributed by atoms with van der Waals surface area (Å²) in [7, 11) is 0. The van der Waals surface area contributed by atoms with Crippen molar-refractivity contribution in [3.63, 3.8) is 0 Å². The van der Waals surface area contributed by atoms with Crippen LogP contribution in [0.4, 0.5) is 0 Å². The second kappa shape index (κ2) is 3.42. The summed E-state index contributed by atoms with van der Waals surface area (Å²) in [5, 5.41) is 12.8. The van der Waals surface area contributed by atoms with Gasteiger partial charge in [0.1, 0.15) is 9.39 Å². The Morgan fingerprint density at radius 1 is 1.75 bits per heavy atom. The molecule has 0 aliphatic carbocycles. The smallest absolute Gasteiger partial charge is 0.354 e. The molecule has 12 heavy (non-hydrogen) atoms. The lowest BCUT2D eigenvalue weighted by Crippen LogP contribution is -2.11. The van der Waals surface area contributed by atoms with Crippen LogP contribution in [-0.2, 0) is 0 Å². The van der Waals surface area contributed by atoms with Crippen LogP contribution in [0.25, 0.3) is 0 Å². The third-order valence-electron chi connectivity index (χ3n) is 1.41. The van der Waals surface area contributed by atoms with Crippen molar-refractivity contribution in [1.82, 2.24) is 9.78 Å². The molecule has 0 aliphatic heterocycles. The maximum Gasteiger partial charge on any atom is 0.354 e. The topological polar surface area (TPSA) is 55.1 Å². The molecule has 4 nitrogen and oxygen atoms in total. The average molecular weight is 280 g/mol. The average Bonchev–Trinajstić information content (AvgIpc) is 2.31. The van der Waals surface area contributed by atoms with Gasteiger partial charge in [0.15, 0.2) is 0 Å². The molecular weight excluding hydrogens is 271 g/mol. The first-order valence-electron chi connectivity index (χ1n) is 3.50. The van der Waals surface area contributed by atoms with Crippen molar-refractivity contribution in [3.05, 3.63) is 15.5 Å². The Hall–Kier alpha value is -0.590. The van der Waals surface area contributed by atoms with E-state index in [1.54, 1.807) is 6.07 Å². The summed E-state index contributed by atoms with van der Waals surface area (Å²) in [6.45, 7) is 3.80. The Labute approximate surface area is 83.7 Å². The molecule has 0 saturated carbocycles. The molecule has 0 amide bonds. The van der Waals surface area contributed by atoms with Crippen LogP contribution in [0.2, 0.25) is 0 Å². The van der Waals surface area contributed by atoms with Gasteiger partial charge in [-0.1, -0.05) is 0 Å². The number of carboxylic acids is 1. The van der Waals surface area contributed by atoms with Gasteiger partial charge in [-0.25, -0.2) is 4.79 Å². The molecule has 0 bridgehead atoms. The van der Waals surface area contributed by atoms with E-state index in [0.29, 0.717) is 3.70 Å². The lowest BCUT2D eigenvalue weighted by Gasteiger charge is -2.06. The van der Waals surface area contributed by atoms with Gasteiger partial charge in [-0.15, -0.1) is 0 Å². The molecule has 1 N–H and O–H groups in total. The third-order valence-corrected chi connectivity index (χ3v) is 1.94. The molecule has 0 spiro atoms. The highest BCUT2D eigenvalue weighted by Gasteiger charge is 2.14. The van der Waals surface area contributed by atoms with Gasteiger partial charge in [0.25, 0.3) is 0 Å². The molecule has 1 heterocycles. The van der Waals surface area contributed by atoms with Gasteiger partial charge in [0.2, 0.25) is 0 Å². The van der Waals surface area contributed by atoms with E-state index in [-0.39, 0.29) is 11.7 Å². The Morgan fingerprint density at radius 2 is 2.33 bits per heavy atom. The zero-order valence-electron chi connectivity index (χ0n) is 6.78. The molecule has 0 aliphatic rings. The van der Waals surface area contributed by atoms with E-state index in [0.717, 1.165) is 0 Å². The highest BCUT2D eigenvalue weighted by atomic mass is 127. The van der Waals surface area contributed by atoms with Gasteiger partial charge in [-0.05, 0) is 36.4 Å². The molecule has 5 heteroatoms. The first kappa shape index (κ1) is 9.50. The van der Waals surface area contributed by atoms with Gasteiger partial charge in [-0.3, -0.25) is 4.68 Å². The van der Waals surface area contributed by atoms with Crippen molar-refractivity contribution < 1.29 is 9.90 Å². The number of rotatable bonds is 2. The Morgan fingerprint density at radius 3 is 2.67 bits per heavy atom. The van der Waals surface area contributed by atoms with Gasteiger partial charge in [-0.2, -0.15) is 5.10 Å². The minimum Gasteiger partial charge on any atom is -0.477 e. The van der Waals surface area contributed by atoms with Crippen LogP contribution < -0.4 is 0 Å². The van der Waals surface area contributed by atoms with Crippen LogP contribution in [0.15, 0.2) is 6.07 Å². The van der Waals surface area contributed by atoms with Crippen LogP contribution in [0.3, 0.4) is 0 Å². The number of aromatic nitrogens is 2. The third kappa shape index (κ3) is 1.77. The summed E-state index contributed by atoms with van der Waals surface area (Å²) in [5.41, 5.74) is 0.245. The van der Waals surface area contributed by atoms with Crippen molar-refractivity contribution in [3.8, 4) is 0 Å². The minimum absolute atomic E-state index is 0.0830. The molecule has 0 aromatic carbocycles. The fraction of sp³-hybridized carbons (Fsp3) is 0.429. The minimum atomic E-state index is -0.931. The Bertz CT molecular complexity index is 306. The molecule has 1 aromatic heterocycles. The lowest BCUT2D eigenvalue weighted by atomic mass is 10.3. The van der Waals surface area contributed by atoms with E-state index in [9.17, 15) is 4.79 Å². The fourth-order valence-corrected chi connectivity index (χ4v) is 1.45. The number of aromatic carboxylic acids is 1. The monoisotopic (exact) mass is 280 g/mol. The van der Waals surface area contributed by atoms with Gasteiger partial charge in [0.05, 0.1) is 0 Å². The van der Waals surface area contributed by atoms with E-state index in [1.807, 2.05) is 36.4 Å². The van der Waals surface area contributed by atoms with E-state index >= 15 is 0 Å². The molecule has 1 rings (SSSR count). The maximum atomic E-state index is 10.7. The number of carbonyl (C=O) groups is 1. The van der Waals surface area contributed by atoms with Gasteiger partial charge >= 0.3 is 5.97 Å². The molecule has 0 unspecified atom stereocenters. The first-order valence-corrected chi connectivity index (χ1v) is 4.58. The SMILES string of the molecule is CC(C)n1nc(I)cc1C(=O)O. The summed E-state index contributed by atoms with van der Waals surface area (Å²) in [4.78, 5) is 10.7. The zero-order valence-corrected chi connectivity index (χ0v) is 8.94. The molecule has 66 valence electrons. The van der Waals surface area contributed by atoms with Crippen molar-refractivity contribution in [2.24, 2.45) is 0 Å². The second-order valence-corrected chi connectivity index (χ2v) is 3.80. The van der Waals surface area contributed by atoms with E-state index in [1.165, 1.54) is 4.68 Å². The molecule has 0 saturated heterocycles. The van der Waals surface area contributed by atoms with Gasteiger partial charge < -0.3 is 5.11 Å². The highest BCUT2D eigenvalue weighted by molar-refractivity contribution is 14.1. The van der Waals surface area contributed by atoms with Crippen LogP contribution >= 0.6 is 22.6 Å². The van der Waals surface area contributed by atoms with Crippen LogP contribution in [0.5, 0.6) is 0 Å². The molecule has 0 atom stereocenters. The second-order valence-electron chi connectivity index (χ2n) is 2.70. The lowest BCUT2D eigenvalue weighted by molar-refractivity contribution is 0.0681. The van der Waals surface area contributed by atoms with E-state index < -0.39 is 5.97 Å². The van der Waals surface area contributed by atoms with E-state index in [2.05, 4.69) is 5.10 Å². The zero-order chi connectivity index (χ0) is 9.30. The summed E-state index contributed by atoms with van der Waals surface area (Å²) >= 11 is 2.00. The van der Waals surface area contributed by atoms with Crippen LogP contribution in [0.1, 0.15) is 30.4 Å². The van der Waals surface area contributed by atoms with Crippen LogP contribution in [0, 0.1) is 3.70 Å². The summed E-state index contributed by atoms with van der Waals surface area (Å²) in [6, 6.07) is 1.64. The number of nitrogens with zero attached hydrogens (tertiary/aromatic N) is 2. The normalized spacial score (nSPS) is 10.7. The largest absolute Gasteiger partial charge is 0.477 e. The number of hydrogen-bond donors (Lipinski definition) is 1. The number of carboxylic acid groups (broad SMARTS) is 1. The van der Waals surface area contributed by atoms with Crippen LogP contribution in [-0.4, -0.2) is 20.9 Å². The first-order chi connectivity index (χ1) is 5.52. The van der Waals surface area contributed by atoms with Crippen molar-refractivity contribution in [2.75, 3.05) is 0 Å². The molecule has 0 fully saturated rings. The maximum absolute atomic E-state index is 10.7. The Balaban J connectivity index is 3.17. The fourth-order valence-electron chi connectivity index (χ4n) is 0.918. The predicted molar refractivity (Wildman–Crippen MR) is 52.3 cm³/mol. The predicted octanol–water partition coefficient (Wildman–Crippen LogP) is 1.77. The Kier molecular flexibility index (Phi) is 2.71. The molecular formula is C7H9IN2O2. The standard InChI is InChI=1S/C7H9IN2O2/c1-4(2)10-5(7(11)12)3-6(8)9-10/h3-4H,1-2H3,(H,11,12). The van der Waals surface area contributed by atoms with Crippen molar-refractivity contribution in [1.29, 1.82) is 0 Å². The molecule has 0 radical (unpaired) electrons. The van der Waals surface area contributed by atoms with E-state index in [4.69, 9.17) is 5.11 Å². The number of halogens is 1.